The van der Waals surface area contributed by atoms with Crippen molar-refractivity contribution < 1.29 is 17.6 Å². The molecular formula is C13H15FN2O3S. The van der Waals surface area contributed by atoms with Gasteiger partial charge in [0.05, 0.1) is 4.90 Å². The van der Waals surface area contributed by atoms with Crippen LogP contribution >= 0.6 is 0 Å². The lowest BCUT2D eigenvalue weighted by Gasteiger charge is -2.22. The predicted octanol–water partition coefficient (Wildman–Crippen LogP) is 1.89. The molecule has 20 heavy (non-hydrogen) atoms. The first kappa shape index (κ1) is 14.8. The Hall–Kier alpha value is -1.56. The summed E-state index contributed by atoms with van der Waals surface area (Å²) in [6.07, 6.45) is 1.83. The highest BCUT2D eigenvalue weighted by Gasteiger charge is 2.37. The highest BCUT2D eigenvalue weighted by Crippen LogP contribution is 2.30. The largest absolute Gasteiger partial charge is 0.245 e. The Kier molecular flexibility index (Phi) is 4.04. The fraction of sp³-hybridized carbons (Fsp3) is 0.462. The molecule has 1 fully saturated rings. The van der Waals surface area contributed by atoms with Gasteiger partial charge in [-0.15, -0.1) is 0 Å². The van der Waals surface area contributed by atoms with Crippen LogP contribution in [0.4, 0.5) is 4.39 Å². The summed E-state index contributed by atoms with van der Waals surface area (Å²) in [5, 5.41) is 0. The minimum absolute atomic E-state index is 0.0897. The van der Waals surface area contributed by atoms with Gasteiger partial charge >= 0.3 is 0 Å². The molecule has 1 aliphatic rings. The molecule has 1 atom stereocenters. The summed E-state index contributed by atoms with van der Waals surface area (Å²) in [6.45, 7) is 3.41. The number of sulfonamides is 1. The zero-order valence-electron chi connectivity index (χ0n) is 11.3. The van der Waals surface area contributed by atoms with E-state index in [9.17, 15) is 17.6 Å². The third-order valence-corrected chi connectivity index (χ3v) is 5.57. The van der Waals surface area contributed by atoms with E-state index in [-0.39, 0.29) is 4.90 Å². The molecule has 1 saturated heterocycles. The molecule has 0 spiro atoms. The number of aryl methyl sites for hydroxylation is 2. The number of rotatable bonds is 3. The van der Waals surface area contributed by atoms with E-state index in [1.54, 1.807) is 13.8 Å². The van der Waals surface area contributed by atoms with Gasteiger partial charge in [-0.3, -0.25) is 0 Å². The zero-order valence-corrected chi connectivity index (χ0v) is 12.1. The molecule has 1 aromatic rings. The first-order chi connectivity index (χ1) is 9.37. The van der Waals surface area contributed by atoms with Crippen LogP contribution in [0.1, 0.15) is 24.0 Å². The Morgan fingerprint density at radius 3 is 2.50 bits per heavy atom. The normalized spacial score (nSPS) is 19.9. The number of hydrogen-bond acceptors (Lipinski definition) is 4. The molecule has 5 nitrogen and oxygen atoms in total. The van der Waals surface area contributed by atoms with Crippen LogP contribution in [0, 0.1) is 19.7 Å². The van der Waals surface area contributed by atoms with Crippen LogP contribution in [0.5, 0.6) is 0 Å². The lowest BCUT2D eigenvalue weighted by Crippen LogP contribution is -2.35. The van der Waals surface area contributed by atoms with Crippen LogP contribution in [0.2, 0.25) is 0 Å². The van der Waals surface area contributed by atoms with E-state index >= 15 is 0 Å². The maximum absolute atomic E-state index is 13.3. The molecule has 1 heterocycles. The quantitative estimate of drug-likeness (QED) is 0.632. The van der Waals surface area contributed by atoms with Crippen LogP contribution < -0.4 is 0 Å². The van der Waals surface area contributed by atoms with Crippen molar-refractivity contribution in [2.45, 2.75) is 37.8 Å². The average molecular weight is 298 g/mol. The van der Waals surface area contributed by atoms with E-state index in [1.165, 1.54) is 22.5 Å². The van der Waals surface area contributed by atoms with Gasteiger partial charge < -0.3 is 0 Å². The molecule has 0 amide bonds. The van der Waals surface area contributed by atoms with Crippen molar-refractivity contribution in [3.63, 3.8) is 0 Å². The summed E-state index contributed by atoms with van der Waals surface area (Å²) in [5.74, 6) is -0.470. The second-order valence-electron chi connectivity index (χ2n) is 4.83. The van der Waals surface area contributed by atoms with Gasteiger partial charge in [0, 0.05) is 6.54 Å². The molecule has 0 N–H and O–H groups in total. The summed E-state index contributed by atoms with van der Waals surface area (Å²) in [6, 6.07) is 2.38. The Morgan fingerprint density at radius 1 is 1.35 bits per heavy atom. The average Bonchev–Trinajstić information content (AvgIpc) is 2.76. The molecule has 108 valence electrons. The van der Waals surface area contributed by atoms with Crippen molar-refractivity contribution in [2.24, 2.45) is 4.99 Å². The minimum atomic E-state index is -3.79. The molecule has 1 aromatic carbocycles. The van der Waals surface area contributed by atoms with Gasteiger partial charge in [-0.05, 0) is 49.9 Å². The lowest BCUT2D eigenvalue weighted by molar-refractivity contribution is 0.395. The summed E-state index contributed by atoms with van der Waals surface area (Å²) < 4.78 is 39.9. The number of aliphatic imine (C=N–C) groups is 1. The van der Waals surface area contributed by atoms with Crippen molar-refractivity contribution in [3.8, 4) is 0 Å². The van der Waals surface area contributed by atoms with Crippen molar-refractivity contribution in [1.82, 2.24) is 4.31 Å². The summed E-state index contributed by atoms with van der Waals surface area (Å²) >= 11 is 0. The fourth-order valence-electron chi connectivity index (χ4n) is 2.61. The van der Waals surface area contributed by atoms with Gasteiger partial charge in [0.1, 0.15) is 12.0 Å². The van der Waals surface area contributed by atoms with Crippen molar-refractivity contribution in [3.05, 3.63) is 29.1 Å². The molecule has 0 bridgehead atoms. The smallest absolute Gasteiger partial charge is 0.211 e. The summed E-state index contributed by atoms with van der Waals surface area (Å²) in [5.41, 5.74) is 0.700. The second kappa shape index (κ2) is 5.44. The van der Waals surface area contributed by atoms with Gasteiger partial charge in [-0.1, -0.05) is 0 Å². The van der Waals surface area contributed by atoms with Gasteiger partial charge in [0.25, 0.3) is 0 Å². The molecule has 1 unspecified atom stereocenters. The van der Waals surface area contributed by atoms with Crippen molar-refractivity contribution in [2.75, 3.05) is 6.54 Å². The zero-order chi connectivity index (χ0) is 14.9. The summed E-state index contributed by atoms with van der Waals surface area (Å²) in [4.78, 5) is 14.0. The van der Waals surface area contributed by atoms with Crippen LogP contribution in [0.15, 0.2) is 22.0 Å². The highest BCUT2D eigenvalue weighted by atomic mass is 32.2. The molecule has 0 aliphatic carbocycles. The van der Waals surface area contributed by atoms with Crippen LogP contribution in [-0.2, 0) is 14.8 Å². The number of benzene rings is 1. The fourth-order valence-corrected chi connectivity index (χ4v) is 4.62. The Labute approximate surface area is 117 Å². The van der Waals surface area contributed by atoms with Gasteiger partial charge in [-0.25, -0.2) is 17.6 Å². The number of halogens is 1. The summed E-state index contributed by atoms with van der Waals surface area (Å²) in [7, 11) is -3.79. The Balaban J connectivity index is 2.53. The topological polar surface area (TPSA) is 66.8 Å². The Morgan fingerprint density at radius 2 is 1.95 bits per heavy atom. The second-order valence-corrected chi connectivity index (χ2v) is 6.66. The van der Waals surface area contributed by atoms with E-state index < -0.39 is 22.0 Å². The maximum Gasteiger partial charge on any atom is 0.245 e. The molecule has 2 rings (SSSR count). The first-order valence-electron chi connectivity index (χ1n) is 6.23. The molecule has 0 radical (unpaired) electrons. The third kappa shape index (κ3) is 2.52. The SMILES string of the molecule is Cc1cc(F)cc(C)c1S(=O)(=O)N1CCCC1N=C=O. The van der Waals surface area contributed by atoms with Gasteiger partial charge in [0.2, 0.25) is 16.1 Å². The van der Waals surface area contributed by atoms with E-state index in [1.807, 2.05) is 0 Å². The predicted molar refractivity (Wildman–Crippen MR) is 70.9 cm³/mol. The minimum Gasteiger partial charge on any atom is -0.211 e. The number of carbonyl (C=O) groups excluding carboxylic acids is 1. The third-order valence-electron chi connectivity index (χ3n) is 3.37. The molecule has 0 saturated carbocycles. The maximum atomic E-state index is 13.3. The van der Waals surface area contributed by atoms with Crippen LogP contribution in [-0.4, -0.2) is 31.5 Å². The highest BCUT2D eigenvalue weighted by molar-refractivity contribution is 7.89. The monoisotopic (exact) mass is 298 g/mol. The van der Waals surface area contributed by atoms with E-state index in [4.69, 9.17) is 0 Å². The molecule has 7 heteroatoms. The number of nitrogens with zero attached hydrogens (tertiary/aromatic N) is 2. The van der Waals surface area contributed by atoms with Gasteiger partial charge in [0.15, 0.2) is 0 Å². The van der Waals surface area contributed by atoms with Gasteiger partial charge in [-0.2, -0.15) is 9.30 Å². The van der Waals surface area contributed by atoms with Crippen LogP contribution in [0.3, 0.4) is 0 Å². The number of hydrogen-bond donors (Lipinski definition) is 0. The number of isocyanates is 1. The Bertz CT molecular complexity index is 658. The molecule has 0 aromatic heterocycles. The molecule has 1 aliphatic heterocycles. The standard InChI is InChI=1S/C13H15FN2O3S/c1-9-6-11(14)7-10(2)13(9)20(18,19)16-5-3-4-12(16)15-8-17/h6-7,12H,3-5H2,1-2H3. The van der Waals surface area contributed by atoms with E-state index in [0.717, 1.165) is 0 Å². The van der Waals surface area contributed by atoms with E-state index in [2.05, 4.69) is 4.99 Å². The van der Waals surface area contributed by atoms with E-state index in [0.29, 0.717) is 30.5 Å². The first-order valence-corrected chi connectivity index (χ1v) is 7.67. The van der Waals surface area contributed by atoms with Crippen LogP contribution in [0.25, 0.3) is 0 Å². The van der Waals surface area contributed by atoms with Crippen molar-refractivity contribution >= 4 is 16.1 Å². The lowest BCUT2D eigenvalue weighted by atomic mass is 10.1. The van der Waals surface area contributed by atoms with Crippen molar-refractivity contribution in [1.29, 1.82) is 0 Å². The molecular weight excluding hydrogens is 283 g/mol.